The van der Waals surface area contributed by atoms with Crippen molar-refractivity contribution in [3.63, 3.8) is 0 Å². The van der Waals surface area contributed by atoms with Gasteiger partial charge in [0.25, 0.3) is 0 Å². The monoisotopic (exact) mass is 1670 g/mol. The molecule has 3 aromatic heterocycles. The summed E-state index contributed by atoms with van der Waals surface area (Å²) < 4.78 is 213. The summed E-state index contributed by atoms with van der Waals surface area (Å²) in [6.45, 7) is 0. The minimum Gasteiger partial charge on any atom is -0.505 e. The standard InChI is InChI=1S/C13H12F2NO3P.C13H11F2NO3.C12H10F2NO3P.C11H12F2NO3P.C8H8F2NO2P.C8H7F2NO2.C7H4F2O/c1-18-12-9(13(17)19-2)6-16(20)11(12)8-4-3-7(14)5-10(8)15;1-18-12-9(13(17)19-2)6-16-11(12)8-4-3-7(14)5-10(8)15;1-18-12(17)8-5-15(19)10(11(8)16)7-3-2-6(13)4-9(7)14;1-17-10(16)5-9(15)11(14-18)7-3-2-6(12)4-8(7)13;9-4-1-2-5(6(10)3-4)7(11-14)8(12)13;9-4-1-2-5(6(10)3-4)7(11)8(12)13;8-6-2-1-5(4-10)7(9)3-6/h3-6H,20H2,1-2H3;3-6,16H,1-2H3;2-5,16H,19H2,1H3;2-4,11,14H,5,18H2,1H3;1-3,7,11H,14H2,(H,12,13);1-3,7H,11H2,(H,12,13);1-4H. The maximum atomic E-state index is 13.9. The predicted octanol–water partition coefficient (Wildman–Crippen LogP) is 14.0. The third-order valence-corrected chi connectivity index (χ3v) is 16.2. The summed E-state index contributed by atoms with van der Waals surface area (Å²) in [5.41, 5.74) is 5.64. The minimum absolute atomic E-state index is 0.0240. The summed E-state index contributed by atoms with van der Waals surface area (Å²) >= 11 is 0. The van der Waals surface area contributed by atoms with E-state index in [1.165, 1.54) is 81.0 Å². The molecule has 0 radical (unpaired) electrons. The normalized spacial score (nSPS) is 11.1. The zero-order valence-corrected chi connectivity index (χ0v) is 63.6. The molecule has 0 amide bonds. The molecule has 0 aliphatic heterocycles. The molecule has 10 rings (SSSR count). The number of aliphatic carboxylic acids is 2. The van der Waals surface area contributed by atoms with E-state index in [0.717, 1.165) is 86.0 Å². The van der Waals surface area contributed by atoms with Crippen LogP contribution in [0.2, 0.25) is 0 Å². The molecule has 10 aromatic rings. The largest absolute Gasteiger partial charge is 0.505 e. The molecule has 602 valence electrons. The highest BCUT2D eigenvalue weighted by Gasteiger charge is 2.29. The maximum absolute atomic E-state index is 13.9. The summed E-state index contributed by atoms with van der Waals surface area (Å²) in [6.07, 6.45) is 3.92. The van der Waals surface area contributed by atoms with Gasteiger partial charge in [-0.05, 0) is 85.5 Å². The van der Waals surface area contributed by atoms with E-state index in [4.69, 9.17) is 25.4 Å². The van der Waals surface area contributed by atoms with Gasteiger partial charge in [0, 0.05) is 94.4 Å². The first kappa shape index (κ1) is 93.9. The number of benzene rings is 7. The fourth-order valence-corrected chi connectivity index (χ4v) is 10.8. The molecule has 0 aliphatic rings. The van der Waals surface area contributed by atoms with Crippen LogP contribution in [-0.2, 0) is 38.1 Å². The number of carboxylic acid groups (broad SMARTS) is 2. The number of carboxylic acids is 2. The summed E-state index contributed by atoms with van der Waals surface area (Å²) in [5, 5.41) is 31.9. The lowest BCUT2D eigenvalue weighted by Crippen LogP contribution is -2.25. The first-order valence-electron chi connectivity index (χ1n) is 30.9. The van der Waals surface area contributed by atoms with Crippen LogP contribution < -0.4 is 25.4 Å². The first-order chi connectivity index (χ1) is 53.3. The van der Waals surface area contributed by atoms with Crippen molar-refractivity contribution in [1.82, 2.24) is 23.8 Å². The van der Waals surface area contributed by atoms with Crippen molar-refractivity contribution in [2.45, 2.75) is 24.5 Å². The molecule has 0 fully saturated rings. The highest BCUT2D eigenvalue weighted by Crippen LogP contribution is 2.40. The van der Waals surface area contributed by atoms with Crippen molar-refractivity contribution in [2.24, 2.45) is 5.73 Å². The number of ether oxygens (including phenoxy) is 6. The molecule has 7 atom stereocenters. The molecule has 0 bridgehead atoms. The second kappa shape index (κ2) is 44.6. The summed E-state index contributed by atoms with van der Waals surface area (Å²) in [5.74, 6) is -16.8. The van der Waals surface area contributed by atoms with Gasteiger partial charge in [0.05, 0.1) is 71.3 Å². The highest BCUT2D eigenvalue weighted by molar-refractivity contribution is 7.15. The molecule has 0 saturated heterocycles. The minimum atomic E-state index is -1.46. The highest BCUT2D eigenvalue weighted by atomic mass is 31.0. The Morgan fingerprint density at radius 3 is 1.20 bits per heavy atom. The number of aldehydes is 1. The van der Waals surface area contributed by atoms with Crippen LogP contribution in [0.15, 0.2) is 146 Å². The van der Waals surface area contributed by atoms with Gasteiger partial charge in [-0.15, -0.1) is 0 Å². The molecule has 7 aromatic carbocycles. The number of aromatic hydroxyl groups is 1. The van der Waals surface area contributed by atoms with Gasteiger partial charge < -0.3 is 63.1 Å². The van der Waals surface area contributed by atoms with Crippen LogP contribution >= 0.6 is 37.6 Å². The Balaban J connectivity index is 0.000000281. The second-order valence-corrected chi connectivity index (χ2v) is 23.6. The number of H-pyrrole nitrogens is 1. The van der Waals surface area contributed by atoms with E-state index in [1.807, 2.05) is 9.39 Å². The molecule has 3 heterocycles. The Bertz CT molecular complexity index is 5080. The average molecular weight is 1680 g/mol. The number of methoxy groups -OCH3 is 6. The number of halogens is 14. The van der Waals surface area contributed by atoms with Crippen LogP contribution in [0.5, 0.6) is 17.2 Å². The Hall–Kier alpha value is -11.4. The van der Waals surface area contributed by atoms with Gasteiger partial charge in [0.15, 0.2) is 29.3 Å². The predicted molar refractivity (Wildman–Crippen MR) is 391 cm³/mol. The number of esters is 4. The van der Waals surface area contributed by atoms with Crippen molar-refractivity contribution >= 4 is 85.4 Å². The van der Waals surface area contributed by atoms with E-state index in [-0.39, 0.29) is 78.5 Å². The fraction of sp³-hybridized carbons (Fsp3) is 0.139. The van der Waals surface area contributed by atoms with Crippen LogP contribution in [-0.4, -0.2) is 120 Å². The maximum Gasteiger partial charge on any atom is 0.343 e. The summed E-state index contributed by atoms with van der Waals surface area (Å²) in [4.78, 5) is 91.0. The first-order valence-corrected chi connectivity index (χ1v) is 33.1. The molecule has 7 unspecified atom stereocenters. The van der Waals surface area contributed by atoms with E-state index in [0.29, 0.717) is 42.3 Å². The number of aromatic amines is 1. The molecule has 0 aliphatic carbocycles. The average Bonchev–Trinajstić information content (AvgIpc) is 1.67. The number of hydrogen-bond acceptors (Lipinski definition) is 18. The Morgan fingerprint density at radius 1 is 0.460 bits per heavy atom. The topological polar surface area (TPSA) is 328 Å². The third-order valence-electron chi connectivity index (χ3n) is 14.7. The van der Waals surface area contributed by atoms with E-state index in [1.54, 1.807) is 0 Å². The summed E-state index contributed by atoms with van der Waals surface area (Å²) in [6, 6.07) is 16.6. The van der Waals surface area contributed by atoms with Gasteiger partial charge >= 0.3 is 35.8 Å². The van der Waals surface area contributed by atoms with Gasteiger partial charge in [-0.25, -0.2) is 75.8 Å². The Morgan fingerprint density at radius 2 is 0.823 bits per heavy atom. The quantitative estimate of drug-likeness (QED) is 0.00987. The summed E-state index contributed by atoms with van der Waals surface area (Å²) in [7, 11) is 16.0. The molecule has 113 heavy (non-hydrogen) atoms. The number of nitrogens with one attached hydrogen (secondary N) is 3. The van der Waals surface area contributed by atoms with Crippen molar-refractivity contribution in [3.8, 4) is 51.0 Å². The van der Waals surface area contributed by atoms with E-state index in [2.05, 4.69) is 62.3 Å². The van der Waals surface area contributed by atoms with E-state index < -0.39 is 153 Å². The number of carbonyl (C=O) groups excluding carboxylic acids is 6. The molecular formula is C72H64F14N6O17P4. The number of hydrogen-bond donors (Lipinski definition) is 7. The number of Topliss-reactive ketones (excluding diaryl/α,β-unsaturated/α-hetero) is 1. The molecule has 8 N–H and O–H groups in total. The smallest absolute Gasteiger partial charge is 0.343 e. The van der Waals surface area contributed by atoms with E-state index in [9.17, 15) is 105 Å². The fourth-order valence-electron chi connectivity index (χ4n) is 9.33. The number of nitrogens with two attached hydrogens (primary N) is 1. The van der Waals surface area contributed by atoms with Gasteiger partial charge in [-0.2, -0.15) is 0 Å². The van der Waals surface area contributed by atoms with Crippen molar-refractivity contribution in [2.75, 3.05) is 42.7 Å². The van der Waals surface area contributed by atoms with Gasteiger partial charge in [-0.3, -0.25) is 34.1 Å². The lowest BCUT2D eigenvalue weighted by Gasteiger charge is -2.15. The molecule has 41 heteroatoms. The number of ketones is 1. The number of aromatic nitrogens is 3. The van der Waals surface area contributed by atoms with Crippen LogP contribution in [0.1, 0.15) is 82.7 Å². The van der Waals surface area contributed by atoms with E-state index >= 15 is 0 Å². The number of rotatable bonds is 19. The van der Waals surface area contributed by atoms with Crippen molar-refractivity contribution in [3.05, 3.63) is 266 Å². The molecule has 23 nitrogen and oxygen atoms in total. The second-order valence-electron chi connectivity index (χ2n) is 21.8. The molecule has 0 saturated carbocycles. The van der Waals surface area contributed by atoms with Gasteiger partial charge in [0.2, 0.25) is 0 Å². The van der Waals surface area contributed by atoms with Crippen molar-refractivity contribution < 1.29 is 144 Å². The Kier molecular flexibility index (Phi) is 37.0. The van der Waals surface area contributed by atoms with Crippen LogP contribution in [0.4, 0.5) is 61.5 Å². The third kappa shape index (κ3) is 25.8. The van der Waals surface area contributed by atoms with Crippen LogP contribution in [0.3, 0.4) is 0 Å². The lowest BCUT2D eigenvalue weighted by atomic mass is 10.0. The van der Waals surface area contributed by atoms with Gasteiger partial charge in [0.1, 0.15) is 117 Å². The van der Waals surface area contributed by atoms with Gasteiger partial charge in [-0.1, -0.05) is 37.0 Å². The number of nitrogens with zero attached hydrogens (tertiary/aromatic N) is 2. The molecular weight excluding hydrogens is 1610 g/mol. The SMILES string of the molecule is COC(=O)CC(=O)C(NP)c1ccc(F)cc1F.COC(=O)c1c[nH]c(-c2ccc(F)cc2F)c1OC.COC(=O)c1cn(P)c(-c2ccc(F)cc2F)c1O.COC(=O)c1cn(P)c(-c2ccc(F)cc2F)c1OC.NC(C(=O)O)c1ccc(F)cc1F.O=C(O)C(NP)c1ccc(F)cc1F.O=Cc1ccc(F)cc1F. The van der Waals surface area contributed by atoms with Crippen molar-refractivity contribution in [1.29, 1.82) is 0 Å². The zero-order chi connectivity index (χ0) is 85.0. The molecule has 0 spiro atoms. The number of carbonyl (C=O) groups is 8. The van der Waals surface area contributed by atoms with Crippen LogP contribution in [0.25, 0.3) is 33.8 Å². The van der Waals surface area contributed by atoms with Crippen LogP contribution in [0, 0.1) is 81.4 Å². The lowest BCUT2D eigenvalue weighted by molar-refractivity contribution is -0.144. The zero-order valence-electron chi connectivity index (χ0n) is 59.0. The Labute approximate surface area is 640 Å².